The molecule has 0 aliphatic heterocycles. The van der Waals surface area contributed by atoms with Crippen molar-refractivity contribution < 1.29 is 81.3 Å². The van der Waals surface area contributed by atoms with Crippen molar-refractivity contribution in [1.82, 2.24) is 5.32 Å². The minimum Gasteiger partial charge on any atom is -0.497 e. The van der Waals surface area contributed by atoms with E-state index in [9.17, 15) is 52.8 Å². The molecule has 1 fully saturated rings. The second-order valence-corrected chi connectivity index (χ2v) is 35.4. The highest BCUT2D eigenvalue weighted by atomic mass is 35.5. The van der Waals surface area contributed by atoms with E-state index >= 15 is 0 Å². The Hall–Kier alpha value is -12.3. The summed E-state index contributed by atoms with van der Waals surface area (Å²) in [6.45, 7) is 3.86. The van der Waals surface area contributed by atoms with Crippen molar-refractivity contribution in [2.24, 2.45) is 0 Å². The number of ether oxygens (including phenoxy) is 6. The highest BCUT2D eigenvalue weighted by Gasteiger charge is 2.35. The van der Waals surface area contributed by atoms with Gasteiger partial charge in [0.05, 0.1) is 106 Å². The number of sulfonamides is 4. The Kier molecular flexibility index (Phi) is 33.3. The molecule has 0 saturated heterocycles. The molecule has 4 N–H and O–H groups in total. The fraction of sp³-hybridized carbons (Fsp3) is 0.213. The van der Waals surface area contributed by atoms with E-state index in [4.69, 9.17) is 51.6 Å². The van der Waals surface area contributed by atoms with Crippen LogP contribution >= 0.6 is 23.2 Å². The van der Waals surface area contributed by atoms with Gasteiger partial charge in [0.25, 0.3) is 40.1 Å². The number of carbonyl (C=O) groups excluding carboxylic acids is 4. The van der Waals surface area contributed by atoms with Crippen LogP contribution in [-0.4, -0.2) is 132 Å². The molecule has 1 saturated carbocycles. The first-order chi connectivity index (χ1) is 57.9. The van der Waals surface area contributed by atoms with Crippen molar-refractivity contribution in [3.8, 4) is 34.5 Å². The molecule has 4 amide bonds. The third kappa shape index (κ3) is 24.9. The molecule has 1 aliphatic rings. The lowest BCUT2D eigenvalue weighted by molar-refractivity contribution is -0.120. The van der Waals surface area contributed by atoms with Crippen LogP contribution in [0.5, 0.6) is 34.5 Å². The molecular formula is C89H94Cl2N8O18S4. The molecule has 636 valence electrons. The van der Waals surface area contributed by atoms with Crippen LogP contribution in [0.25, 0.3) is 0 Å². The standard InChI is InChI=1S/C23H24N2O5S.2C22H21ClN2O4S.C22H28N2O5S/c1-17-8-7-9-18(14-17)24-23(26)16-25(31(27,28)20-10-5-4-6-11-20)21-15-19(29-2)12-13-22(21)30-3;2*1-16-12-13-21(29-2)20(14-16)25(30(27,28)17-8-4-3-5-9-17)15-22(26)24-19-11-7-6-10-18(19)23;1-28-18-13-14-21(29-2)20(15-18)24(30(26,27)19-11-7-4-8-12-19)16-22(25)23-17-9-5-3-6-10-17/h4-15H,16H2,1-3H3,(H,24,26);2*3-14H,15H2,1-2H3,(H,24,26);4,7-8,11-15,17H,3,5-6,9-10,16H2,1-2H3,(H,23,25). The quantitative estimate of drug-likeness (QED) is 0.0325. The molecule has 0 atom stereocenters. The first kappa shape index (κ1) is 92.6. The normalized spacial score (nSPS) is 11.9. The summed E-state index contributed by atoms with van der Waals surface area (Å²) in [5.41, 5.74) is 5.00. The molecule has 11 aromatic rings. The van der Waals surface area contributed by atoms with E-state index in [2.05, 4.69) is 21.3 Å². The van der Waals surface area contributed by atoms with Crippen molar-refractivity contribution >= 4 is 127 Å². The van der Waals surface area contributed by atoms with Gasteiger partial charge in [-0.05, 0) is 184 Å². The zero-order valence-electron chi connectivity index (χ0n) is 67.9. The van der Waals surface area contributed by atoms with Crippen molar-refractivity contribution in [3.05, 3.63) is 294 Å². The van der Waals surface area contributed by atoms with Gasteiger partial charge in [-0.1, -0.05) is 164 Å². The number of anilines is 7. The van der Waals surface area contributed by atoms with Crippen molar-refractivity contribution in [3.63, 3.8) is 0 Å². The number of methoxy groups -OCH3 is 6. The molecule has 1 aliphatic carbocycles. The topological polar surface area (TPSA) is 321 Å². The maximum atomic E-state index is 13.5. The number of hydrogen-bond donors (Lipinski definition) is 4. The van der Waals surface area contributed by atoms with Gasteiger partial charge in [0.1, 0.15) is 60.7 Å². The van der Waals surface area contributed by atoms with E-state index in [1.54, 1.807) is 200 Å². The van der Waals surface area contributed by atoms with Crippen molar-refractivity contribution in [1.29, 1.82) is 0 Å². The number of aryl methyl sites for hydroxylation is 3. The fourth-order valence-corrected chi connectivity index (χ4v) is 18.7. The summed E-state index contributed by atoms with van der Waals surface area (Å²) in [4.78, 5) is 51.6. The third-order valence-corrected chi connectivity index (χ3v) is 26.3. The SMILES string of the molecule is COc1ccc(C)cc1N(CC(=O)Nc1ccccc1Cl)S(=O)(=O)c1ccccc1.COc1ccc(C)cc1N(CC(=O)Nc1ccccc1Cl)S(=O)(=O)c1ccccc1.COc1ccc(OC)c(N(CC(=O)NC2CCCCC2)S(=O)(=O)c2ccccc2)c1.COc1ccc(OC)c(N(CC(=O)Nc2cccc(C)c2)S(=O)(=O)c2ccccc2)c1. The number of para-hydroxylation sites is 2. The molecule has 0 radical (unpaired) electrons. The molecule has 32 heteroatoms. The summed E-state index contributed by atoms with van der Waals surface area (Å²) in [5, 5.41) is 11.8. The predicted octanol–water partition coefficient (Wildman–Crippen LogP) is 16.2. The molecule has 121 heavy (non-hydrogen) atoms. The van der Waals surface area contributed by atoms with Crippen molar-refractivity contribution in [2.75, 3.05) is 102 Å². The molecule has 0 unspecified atom stereocenters. The van der Waals surface area contributed by atoms with Gasteiger partial charge < -0.3 is 49.7 Å². The predicted molar refractivity (Wildman–Crippen MR) is 473 cm³/mol. The Labute approximate surface area is 717 Å². The highest BCUT2D eigenvalue weighted by molar-refractivity contribution is 7.93. The number of halogens is 2. The second-order valence-electron chi connectivity index (χ2n) is 27.1. The summed E-state index contributed by atoms with van der Waals surface area (Å²) in [6, 6.07) is 72.6. The van der Waals surface area contributed by atoms with E-state index in [-0.39, 0.29) is 60.8 Å². The number of carbonyl (C=O) groups is 4. The summed E-state index contributed by atoms with van der Waals surface area (Å²) < 4.78 is 144. The lowest BCUT2D eigenvalue weighted by Gasteiger charge is -2.28. The largest absolute Gasteiger partial charge is 0.497 e. The van der Waals surface area contributed by atoms with Crippen LogP contribution in [0.15, 0.2) is 287 Å². The van der Waals surface area contributed by atoms with Crippen LogP contribution in [-0.2, 0) is 59.3 Å². The van der Waals surface area contributed by atoms with Crippen LogP contribution in [0.2, 0.25) is 10.0 Å². The molecule has 0 spiro atoms. The van der Waals surface area contributed by atoms with Gasteiger partial charge in [-0.2, -0.15) is 0 Å². The number of nitrogens with zero attached hydrogens (tertiary/aromatic N) is 4. The minimum atomic E-state index is -4.07. The van der Waals surface area contributed by atoms with Crippen LogP contribution in [0.3, 0.4) is 0 Å². The van der Waals surface area contributed by atoms with Crippen LogP contribution < -0.4 is 66.9 Å². The van der Waals surface area contributed by atoms with Gasteiger partial charge in [0.15, 0.2) is 0 Å². The zero-order chi connectivity index (χ0) is 87.4. The molecular weight excluding hydrogens is 1670 g/mol. The smallest absolute Gasteiger partial charge is 0.264 e. The lowest BCUT2D eigenvalue weighted by atomic mass is 9.95. The van der Waals surface area contributed by atoms with Gasteiger partial charge in [0, 0.05) is 23.9 Å². The first-order valence-corrected chi connectivity index (χ1v) is 44.3. The average Bonchev–Trinajstić information content (AvgIpc) is 0.792. The fourth-order valence-electron chi connectivity index (χ4n) is 12.5. The number of benzene rings is 11. The molecule has 0 heterocycles. The number of hydrogen-bond acceptors (Lipinski definition) is 18. The van der Waals surface area contributed by atoms with Gasteiger partial charge in [-0.3, -0.25) is 36.4 Å². The van der Waals surface area contributed by atoms with E-state index in [1.165, 1.54) is 104 Å². The number of nitrogens with one attached hydrogen (secondary N) is 4. The Balaban J connectivity index is 0.000000183. The Bertz CT molecular complexity index is 5670. The van der Waals surface area contributed by atoms with Crippen molar-refractivity contribution in [2.45, 2.75) is 78.5 Å². The number of rotatable bonds is 30. The molecule has 0 aromatic heterocycles. The summed E-state index contributed by atoms with van der Waals surface area (Å²) in [5.74, 6) is 0.300. The van der Waals surface area contributed by atoms with E-state index in [1.807, 2.05) is 32.9 Å². The Morgan fingerprint density at radius 1 is 0.322 bits per heavy atom. The Morgan fingerprint density at radius 2 is 0.620 bits per heavy atom. The highest BCUT2D eigenvalue weighted by Crippen LogP contribution is 2.40. The average molecular weight is 1760 g/mol. The molecule has 11 aromatic carbocycles. The first-order valence-electron chi connectivity index (χ1n) is 37.7. The summed E-state index contributed by atoms with van der Waals surface area (Å²) in [7, 11) is -7.39. The third-order valence-electron chi connectivity index (χ3n) is 18.6. The zero-order valence-corrected chi connectivity index (χ0v) is 72.6. The minimum absolute atomic E-state index is 0.0585. The van der Waals surface area contributed by atoms with Gasteiger partial charge in [0.2, 0.25) is 23.6 Å². The maximum absolute atomic E-state index is 13.5. The molecule has 26 nitrogen and oxygen atoms in total. The van der Waals surface area contributed by atoms with Crippen LogP contribution in [0, 0.1) is 20.8 Å². The maximum Gasteiger partial charge on any atom is 0.264 e. The number of amides is 4. The van der Waals surface area contributed by atoms with E-state index in [0.29, 0.717) is 61.6 Å². The summed E-state index contributed by atoms with van der Waals surface area (Å²) >= 11 is 12.2. The Morgan fingerprint density at radius 3 is 0.942 bits per heavy atom. The van der Waals surface area contributed by atoms with Gasteiger partial charge >= 0.3 is 0 Å². The summed E-state index contributed by atoms with van der Waals surface area (Å²) in [6.07, 6.45) is 5.14. The second kappa shape index (κ2) is 43.6. The van der Waals surface area contributed by atoms with Crippen LogP contribution in [0.1, 0.15) is 48.8 Å². The molecule has 0 bridgehead atoms. The molecule has 12 rings (SSSR count). The monoisotopic (exact) mass is 1760 g/mol. The van der Waals surface area contributed by atoms with E-state index < -0.39 is 77.4 Å². The van der Waals surface area contributed by atoms with Gasteiger partial charge in [-0.15, -0.1) is 0 Å². The van der Waals surface area contributed by atoms with Crippen LogP contribution in [0.4, 0.5) is 39.8 Å². The van der Waals surface area contributed by atoms with E-state index in [0.717, 1.165) is 59.6 Å². The van der Waals surface area contributed by atoms with Gasteiger partial charge in [-0.25, -0.2) is 33.7 Å². The lowest BCUT2D eigenvalue weighted by Crippen LogP contribution is -2.45.